The molecule has 3 heterocycles. The second-order valence-corrected chi connectivity index (χ2v) is 26.4. The van der Waals surface area contributed by atoms with Crippen LogP contribution < -0.4 is 77.8 Å². The third-order valence-corrected chi connectivity index (χ3v) is 19.5. The number of benzene rings is 2. The van der Waals surface area contributed by atoms with Gasteiger partial charge in [0.1, 0.15) is 54.4 Å². The summed E-state index contributed by atoms with van der Waals surface area (Å²) in [5.74, 6) is -10.2. The van der Waals surface area contributed by atoms with Gasteiger partial charge in [-0.2, -0.15) is 0 Å². The minimum atomic E-state index is -1.69. The molecule has 99 heavy (non-hydrogen) atoms. The lowest BCUT2D eigenvalue weighted by atomic mass is 9.84. The number of nitrogens with two attached hydrogens (primary N) is 8. The number of nitrogens with zero attached hydrogens (tertiary/aromatic N) is 7. The van der Waals surface area contributed by atoms with Gasteiger partial charge >= 0.3 is 5.97 Å². The average Bonchev–Trinajstić information content (AvgIpc) is 1.64. The molecule has 9 amide bonds. The number of hydrogen-bond acceptors (Lipinski definition) is 16. The highest BCUT2D eigenvalue weighted by Gasteiger charge is 2.52. The number of carboxylic acids is 1. The number of amides is 9. The van der Waals surface area contributed by atoms with Gasteiger partial charge in [-0.15, -0.1) is 0 Å². The molecule has 12 atom stereocenters. The number of guanidine groups is 4. The van der Waals surface area contributed by atoms with Crippen molar-refractivity contribution in [3.63, 3.8) is 0 Å². The van der Waals surface area contributed by atoms with E-state index < -0.39 is 151 Å². The molecular weight excluding hydrogens is 1280 g/mol. The van der Waals surface area contributed by atoms with Gasteiger partial charge in [0.25, 0.3) is 0 Å². The summed E-state index contributed by atoms with van der Waals surface area (Å²) < 4.78 is 0. The Morgan fingerprint density at radius 2 is 1.08 bits per heavy atom. The van der Waals surface area contributed by atoms with E-state index >= 15 is 4.79 Å². The smallest absolute Gasteiger partial charge is 0.326 e. The molecule has 25 N–H and O–H groups in total. The molecule has 3 aliphatic carbocycles. The van der Waals surface area contributed by atoms with Crippen LogP contribution >= 0.6 is 0 Å². The van der Waals surface area contributed by atoms with Gasteiger partial charge in [0.05, 0.1) is 19.3 Å². The van der Waals surface area contributed by atoms with Crippen LogP contribution in [0.4, 0.5) is 0 Å². The van der Waals surface area contributed by atoms with Gasteiger partial charge in [0, 0.05) is 45.2 Å². The van der Waals surface area contributed by atoms with Crippen LogP contribution in [0.3, 0.4) is 0 Å². The summed E-state index contributed by atoms with van der Waals surface area (Å²) in [6.07, 6.45) is 4.38. The highest BCUT2D eigenvalue weighted by molar-refractivity contribution is 5.99. The van der Waals surface area contributed by atoms with Gasteiger partial charge in [0.2, 0.25) is 53.2 Å². The number of carbonyl (C=O) groups excluding carboxylic acids is 9. The number of fused-ring (bicyclic) bond motifs is 3. The second kappa shape index (κ2) is 35.1. The van der Waals surface area contributed by atoms with Crippen molar-refractivity contribution < 1.29 is 63.3 Å². The van der Waals surface area contributed by atoms with Crippen LogP contribution in [0, 0.1) is 17.8 Å². The average molecular weight is 1380 g/mol. The fourth-order valence-corrected chi connectivity index (χ4v) is 14.8. The van der Waals surface area contributed by atoms with E-state index in [1.54, 1.807) is 0 Å². The Morgan fingerprint density at radius 3 is 1.64 bits per heavy atom. The first-order valence-corrected chi connectivity index (χ1v) is 33.9. The van der Waals surface area contributed by atoms with Gasteiger partial charge in [-0.25, -0.2) is 9.79 Å². The van der Waals surface area contributed by atoms with E-state index in [1.807, 2.05) is 48.5 Å². The van der Waals surface area contributed by atoms with Gasteiger partial charge < -0.3 is 108 Å². The Labute approximate surface area is 573 Å². The van der Waals surface area contributed by atoms with E-state index in [4.69, 9.17) is 45.9 Å². The first kappa shape index (κ1) is 74.9. The van der Waals surface area contributed by atoms with Crippen LogP contribution in [0.5, 0.6) is 0 Å². The lowest BCUT2D eigenvalue weighted by Gasteiger charge is -2.38. The monoisotopic (exact) mass is 1380 g/mol. The Bertz CT molecular complexity index is 3340. The Kier molecular flexibility index (Phi) is 26.5. The van der Waals surface area contributed by atoms with E-state index in [0.29, 0.717) is 44.9 Å². The molecule has 34 nitrogen and oxygen atoms in total. The molecule has 0 unspecified atom stereocenters. The standard InChI is InChI=1S/C65H97N21O13/c66-62(67)74-21-7-16-42(81-65(72)73)53(90)78-43(17-8-22-75-63(68)69)58(95)84-24-10-20-47(84)59(96)85-32-41(88)30-48(85)55(92)77-31-50(89)82-51(39-25-34-11-1-2-12-35(34)26-39)57(94)80-45(33-87)54(91)83-52(40-27-36-13-3-4-14-37(36)28-40)60(97)86-46-19-6-5-15-38(46)29-49(86)56(93)79-44(61(98)99)18-9-23-76-64(70)71/h1-4,11-14,38-49,51-52,87-88H,5-10,15-33H2,(H,77,92)(H,78,90)(H,79,93)(H,80,94)(H,82,89)(H,83,91)(H,98,99)(H4,66,67,74)(H4,68,69,75)(H4,70,71,76)(H4,72,73,81)/t38-,41+,42+,43-,44-,45-,46-,47-,48-,49-,51-,52+/m0/s1. The number of carbonyl (C=O) groups is 10. The molecule has 0 bridgehead atoms. The number of β-amino-alcohol motifs (C(OH)–C–C–N with tert-alkyl or cyclic N) is 1. The van der Waals surface area contributed by atoms with Gasteiger partial charge in [-0.05, 0) is 136 Å². The summed E-state index contributed by atoms with van der Waals surface area (Å²) >= 11 is 0. The summed E-state index contributed by atoms with van der Waals surface area (Å²) in [4.78, 5) is 163. The first-order valence-electron chi connectivity index (χ1n) is 33.9. The van der Waals surface area contributed by atoms with E-state index in [0.717, 1.165) is 40.0 Å². The van der Waals surface area contributed by atoms with Crippen molar-refractivity contribution in [3.8, 4) is 0 Å². The summed E-state index contributed by atoms with van der Waals surface area (Å²) in [5, 5.41) is 48.4. The lowest BCUT2D eigenvalue weighted by molar-refractivity contribution is -0.148. The lowest BCUT2D eigenvalue weighted by Crippen LogP contribution is -2.62. The Balaban J connectivity index is 0.956. The van der Waals surface area contributed by atoms with Crippen LogP contribution in [0.2, 0.25) is 0 Å². The fraction of sp³-hybridized carbons (Fsp3) is 0.600. The predicted molar refractivity (Wildman–Crippen MR) is 363 cm³/mol. The molecule has 4 fully saturated rings. The maximum Gasteiger partial charge on any atom is 0.326 e. The zero-order valence-electron chi connectivity index (χ0n) is 55.6. The molecule has 2 aromatic rings. The molecule has 8 rings (SSSR count). The number of aliphatic hydroxyl groups is 2. The maximum atomic E-state index is 15.5. The maximum absolute atomic E-state index is 15.5. The van der Waals surface area contributed by atoms with E-state index in [2.05, 4.69) is 51.9 Å². The number of likely N-dealkylation sites (tertiary alicyclic amines) is 3. The van der Waals surface area contributed by atoms with Crippen molar-refractivity contribution in [3.05, 3.63) is 70.8 Å². The van der Waals surface area contributed by atoms with Crippen LogP contribution in [-0.4, -0.2) is 225 Å². The van der Waals surface area contributed by atoms with Gasteiger partial charge in [-0.3, -0.25) is 58.1 Å². The number of nitrogens with one attached hydrogen (secondary N) is 6. The Hall–Kier alpha value is -9.86. The fourth-order valence-electron chi connectivity index (χ4n) is 14.8. The highest BCUT2D eigenvalue weighted by atomic mass is 16.4. The van der Waals surface area contributed by atoms with Crippen molar-refractivity contribution >= 4 is 83.0 Å². The number of aliphatic hydroxyl groups excluding tert-OH is 2. The number of aliphatic imine (C=N–C) groups is 4. The number of carboxylic acid groups (broad SMARTS) is 1. The summed E-state index contributed by atoms with van der Waals surface area (Å²) in [6, 6.07) is 2.91. The summed E-state index contributed by atoms with van der Waals surface area (Å²) in [7, 11) is 0. The van der Waals surface area contributed by atoms with Crippen LogP contribution in [0.1, 0.15) is 112 Å². The van der Waals surface area contributed by atoms with Crippen molar-refractivity contribution in [2.24, 2.45) is 83.6 Å². The SMILES string of the molecule is NC(N)=NCCC[C@H](NC(=O)[C@@H]1C[C@@H]2CCCC[C@@H]2N1C(=O)[C@H](NC(=O)[C@H](CO)NC(=O)[C@@H](NC(=O)CNC(=O)[C@@H]1C[C@@H](O)CN1C(=O)[C@@H]1CCCN1C(=O)[C@H](CCCN=C(N)N)NC(=O)[C@@H](CCCN=C(N)N)N=C(N)N)C1Cc2ccccc2C1)C1Cc2ccccc2C1)C(=O)O. The second-order valence-electron chi connectivity index (χ2n) is 26.4. The third-order valence-electron chi connectivity index (χ3n) is 19.5. The van der Waals surface area contributed by atoms with Crippen LogP contribution in [-0.2, 0) is 73.6 Å². The largest absolute Gasteiger partial charge is 0.480 e. The molecule has 0 radical (unpaired) electrons. The summed E-state index contributed by atoms with van der Waals surface area (Å²) in [6.45, 7) is -1.53. The molecule has 34 heteroatoms. The highest BCUT2D eigenvalue weighted by Crippen LogP contribution is 2.42. The molecule has 2 aromatic carbocycles. The zero-order chi connectivity index (χ0) is 71.6. The third kappa shape index (κ3) is 19.9. The van der Waals surface area contributed by atoms with Gasteiger partial charge in [0.15, 0.2) is 23.8 Å². The molecule has 3 aliphatic heterocycles. The summed E-state index contributed by atoms with van der Waals surface area (Å²) in [5.41, 5.74) is 47.9. The van der Waals surface area contributed by atoms with Crippen LogP contribution in [0.25, 0.3) is 0 Å². The molecule has 1 saturated carbocycles. The van der Waals surface area contributed by atoms with Gasteiger partial charge in [-0.1, -0.05) is 61.4 Å². The molecule has 6 aliphatic rings. The normalized spacial score (nSPS) is 21.9. The zero-order valence-corrected chi connectivity index (χ0v) is 55.6. The van der Waals surface area contributed by atoms with Crippen molar-refractivity contribution in [2.75, 3.05) is 45.9 Å². The number of aliphatic carboxylic acids is 1. The molecule has 0 aromatic heterocycles. The topological polar surface area (TPSA) is 571 Å². The quantitative estimate of drug-likeness (QED) is 0.0184. The van der Waals surface area contributed by atoms with E-state index in [1.165, 1.54) is 9.80 Å². The van der Waals surface area contributed by atoms with Crippen molar-refractivity contribution in [1.29, 1.82) is 0 Å². The predicted octanol–water partition coefficient (Wildman–Crippen LogP) is -5.65. The first-order chi connectivity index (χ1) is 47.3. The molecule has 0 spiro atoms. The number of rotatable bonds is 32. The molecular formula is C65H97N21O13. The Morgan fingerprint density at radius 1 is 0.535 bits per heavy atom. The minimum Gasteiger partial charge on any atom is -0.480 e. The van der Waals surface area contributed by atoms with E-state index in [-0.39, 0.29) is 120 Å². The minimum absolute atomic E-state index is 0.00626. The van der Waals surface area contributed by atoms with Crippen molar-refractivity contribution in [1.82, 2.24) is 46.6 Å². The molecule has 3 saturated heterocycles. The number of hydrogen-bond donors (Lipinski definition) is 17. The molecule has 540 valence electrons. The van der Waals surface area contributed by atoms with Crippen molar-refractivity contribution in [2.45, 2.75) is 182 Å². The van der Waals surface area contributed by atoms with E-state index in [9.17, 15) is 58.5 Å². The van der Waals surface area contributed by atoms with Crippen LogP contribution in [0.15, 0.2) is 68.5 Å².